The van der Waals surface area contributed by atoms with Crippen molar-refractivity contribution in [3.63, 3.8) is 0 Å². The molecule has 0 aliphatic rings. The normalized spacial score (nSPS) is 10.8. The molecule has 2 heterocycles. The fraction of sp³-hybridized carbons (Fsp3) is 0.308. The van der Waals surface area contributed by atoms with E-state index in [1.807, 2.05) is 0 Å². The average Bonchev–Trinajstić information content (AvgIpc) is 2.29. The molecule has 2 aromatic rings. The van der Waals surface area contributed by atoms with Gasteiger partial charge in [-0.25, -0.2) is 4.98 Å². The van der Waals surface area contributed by atoms with E-state index in [0.29, 0.717) is 11.7 Å². The van der Waals surface area contributed by atoms with Crippen molar-refractivity contribution in [1.82, 2.24) is 14.5 Å². The van der Waals surface area contributed by atoms with Gasteiger partial charge in [0.15, 0.2) is 5.82 Å². The first-order valence-corrected chi connectivity index (χ1v) is 5.66. The van der Waals surface area contributed by atoms with E-state index in [9.17, 15) is 4.79 Å². The summed E-state index contributed by atoms with van der Waals surface area (Å²) in [6.45, 7) is 4.26. The number of aromatic nitrogens is 3. The fourth-order valence-corrected chi connectivity index (χ4v) is 1.64. The number of rotatable bonds is 3. The molecule has 0 fully saturated rings. The fourth-order valence-electron chi connectivity index (χ4n) is 1.64. The van der Waals surface area contributed by atoms with Gasteiger partial charge >= 0.3 is 0 Å². The summed E-state index contributed by atoms with van der Waals surface area (Å²) in [4.78, 5) is 20.2. The van der Waals surface area contributed by atoms with Crippen LogP contribution in [0, 0.1) is 5.92 Å². The van der Waals surface area contributed by atoms with Crippen LogP contribution in [0.3, 0.4) is 0 Å². The minimum absolute atomic E-state index is 0.0940. The summed E-state index contributed by atoms with van der Waals surface area (Å²) in [5.41, 5.74) is 0.816. The Morgan fingerprint density at radius 3 is 2.82 bits per heavy atom. The summed E-state index contributed by atoms with van der Waals surface area (Å²) in [5, 5.41) is 0. The molecule has 0 aromatic carbocycles. The van der Waals surface area contributed by atoms with Gasteiger partial charge in [-0.3, -0.25) is 14.3 Å². The average molecular weight is 229 g/mol. The maximum Gasteiger partial charge on any atom is 0.256 e. The highest BCUT2D eigenvalue weighted by Crippen LogP contribution is 2.06. The monoisotopic (exact) mass is 229 g/mol. The van der Waals surface area contributed by atoms with Crippen molar-refractivity contribution >= 4 is 0 Å². The molecule has 0 radical (unpaired) electrons. The molecule has 4 nitrogen and oxygen atoms in total. The van der Waals surface area contributed by atoms with E-state index in [0.717, 1.165) is 12.1 Å². The molecule has 2 rings (SSSR count). The number of nitrogens with zero attached hydrogens (tertiary/aromatic N) is 3. The van der Waals surface area contributed by atoms with Crippen LogP contribution in [0.5, 0.6) is 0 Å². The van der Waals surface area contributed by atoms with Crippen LogP contribution in [-0.2, 0) is 6.42 Å². The topological polar surface area (TPSA) is 47.8 Å². The van der Waals surface area contributed by atoms with Gasteiger partial charge in [-0.15, -0.1) is 0 Å². The summed E-state index contributed by atoms with van der Waals surface area (Å²) in [6.07, 6.45) is 5.91. The zero-order chi connectivity index (χ0) is 12.3. The van der Waals surface area contributed by atoms with E-state index >= 15 is 0 Å². The summed E-state index contributed by atoms with van der Waals surface area (Å²) >= 11 is 0. The van der Waals surface area contributed by atoms with Crippen LogP contribution in [0.15, 0.2) is 41.6 Å². The van der Waals surface area contributed by atoms with Crippen molar-refractivity contribution in [1.29, 1.82) is 0 Å². The molecule has 0 amide bonds. The third-order valence-electron chi connectivity index (χ3n) is 2.36. The molecule has 0 atom stereocenters. The van der Waals surface area contributed by atoms with Crippen molar-refractivity contribution in [2.75, 3.05) is 0 Å². The minimum atomic E-state index is -0.0940. The maximum atomic E-state index is 11.6. The third kappa shape index (κ3) is 2.78. The van der Waals surface area contributed by atoms with Crippen molar-refractivity contribution < 1.29 is 0 Å². The second-order valence-electron chi connectivity index (χ2n) is 4.38. The molecule has 0 saturated heterocycles. The van der Waals surface area contributed by atoms with E-state index in [2.05, 4.69) is 23.8 Å². The van der Waals surface area contributed by atoms with Crippen LogP contribution in [0.4, 0.5) is 0 Å². The van der Waals surface area contributed by atoms with Crippen LogP contribution in [0.1, 0.15) is 19.5 Å². The highest BCUT2D eigenvalue weighted by atomic mass is 16.1. The maximum absolute atomic E-state index is 11.6. The van der Waals surface area contributed by atoms with Crippen LogP contribution in [0.25, 0.3) is 5.82 Å². The molecule has 4 heteroatoms. The van der Waals surface area contributed by atoms with Gasteiger partial charge in [0.25, 0.3) is 5.56 Å². The van der Waals surface area contributed by atoms with E-state index in [-0.39, 0.29) is 5.56 Å². The second kappa shape index (κ2) is 4.91. The first kappa shape index (κ1) is 11.5. The molecule has 0 aliphatic heterocycles. The Hall–Kier alpha value is -1.97. The van der Waals surface area contributed by atoms with Crippen LogP contribution in [0.2, 0.25) is 0 Å². The number of hydrogen-bond donors (Lipinski definition) is 0. The number of hydrogen-bond acceptors (Lipinski definition) is 3. The first-order valence-electron chi connectivity index (χ1n) is 5.66. The molecule has 0 unspecified atom stereocenters. The van der Waals surface area contributed by atoms with Gasteiger partial charge in [-0.1, -0.05) is 19.9 Å². The molecule has 0 N–H and O–H groups in total. The van der Waals surface area contributed by atoms with Crippen molar-refractivity contribution in [3.05, 3.63) is 52.8 Å². The van der Waals surface area contributed by atoms with Gasteiger partial charge in [0, 0.05) is 18.5 Å². The third-order valence-corrected chi connectivity index (χ3v) is 2.36. The number of pyridine rings is 1. The first-order chi connectivity index (χ1) is 8.16. The zero-order valence-electron chi connectivity index (χ0n) is 10.00. The van der Waals surface area contributed by atoms with E-state index in [1.165, 1.54) is 10.6 Å². The van der Waals surface area contributed by atoms with Crippen molar-refractivity contribution in [3.8, 4) is 5.82 Å². The van der Waals surface area contributed by atoms with Gasteiger partial charge in [0.1, 0.15) is 0 Å². The minimum Gasteiger partial charge on any atom is -0.269 e. The smallest absolute Gasteiger partial charge is 0.256 e. The summed E-state index contributed by atoms with van der Waals surface area (Å²) in [6, 6.07) is 5.03. The molecular formula is C13H15N3O. The van der Waals surface area contributed by atoms with E-state index < -0.39 is 0 Å². The Morgan fingerprint density at radius 2 is 2.12 bits per heavy atom. The SMILES string of the molecule is CC(C)Cc1cncc(-n2ccccc2=O)n1. The summed E-state index contributed by atoms with van der Waals surface area (Å²) < 4.78 is 1.50. The molecule has 17 heavy (non-hydrogen) atoms. The van der Waals surface area contributed by atoms with E-state index in [4.69, 9.17) is 0 Å². The van der Waals surface area contributed by atoms with Gasteiger partial charge in [-0.2, -0.15) is 0 Å². The van der Waals surface area contributed by atoms with Crippen LogP contribution < -0.4 is 5.56 Å². The molecule has 0 saturated carbocycles. The molecule has 2 aromatic heterocycles. The Bertz CT molecular complexity index is 560. The van der Waals surface area contributed by atoms with Crippen LogP contribution in [-0.4, -0.2) is 14.5 Å². The Kier molecular flexibility index (Phi) is 3.32. The molecule has 0 spiro atoms. The summed E-state index contributed by atoms with van der Waals surface area (Å²) in [5.74, 6) is 1.10. The predicted octanol–water partition coefficient (Wildman–Crippen LogP) is 1.83. The van der Waals surface area contributed by atoms with Crippen molar-refractivity contribution in [2.24, 2.45) is 5.92 Å². The van der Waals surface area contributed by atoms with Gasteiger partial charge in [0.05, 0.1) is 11.9 Å². The Morgan fingerprint density at radius 1 is 1.29 bits per heavy atom. The zero-order valence-corrected chi connectivity index (χ0v) is 10.00. The highest BCUT2D eigenvalue weighted by molar-refractivity contribution is 5.21. The second-order valence-corrected chi connectivity index (χ2v) is 4.38. The van der Waals surface area contributed by atoms with Gasteiger partial charge in [0.2, 0.25) is 0 Å². The van der Waals surface area contributed by atoms with Crippen LogP contribution >= 0.6 is 0 Å². The predicted molar refractivity (Wildman–Crippen MR) is 66.2 cm³/mol. The highest BCUT2D eigenvalue weighted by Gasteiger charge is 2.04. The quantitative estimate of drug-likeness (QED) is 0.806. The van der Waals surface area contributed by atoms with Gasteiger partial charge < -0.3 is 0 Å². The Labute approximate surface area is 100.0 Å². The lowest BCUT2D eigenvalue weighted by molar-refractivity contribution is 0.631. The molecule has 0 bridgehead atoms. The van der Waals surface area contributed by atoms with Gasteiger partial charge in [-0.05, 0) is 18.4 Å². The summed E-state index contributed by atoms with van der Waals surface area (Å²) in [7, 11) is 0. The molecule has 88 valence electrons. The lowest BCUT2D eigenvalue weighted by atomic mass is 10.1. The lowest BCUT2D eigenvalue weighted by Crippen LogP contribution is -2.17. The standard InChI is InChI=1S/C13H15N3O/c1-10(2)7-11-8-14-9-12(15-11)16-6-4-3-5-13(16)17/h3-6,8-10H,7H2,1-2H3. The van der Waals surface area contributed by atoms with E-state index in [1.54, 1.807) is 30.7 Å². The lowest BCUT2D eigenvalue weighted by Gasteiger charge is -2.07. The molecule has 0 aliphatic carbocycles. The van der Waals surface area contributed by atoms with Crippen molar-refractivity contribution in [2.45, 2.75) is 20.3 Å². The Balaban J connectivity index is 2.40. The molecular weight excluding hydrogens is 214 g/mol. The largest absolute Gasteiger partial charge is 0.269 e.